The highest BCUT2D eigenvalue weighted by Crippen LogP contribution is 2.20. The van der Waals surface area contributed by atoms with Gasteiger partial charge in [0, 0.05) is 71.0 Å². The van der Waals surface area contributed by atoms with Crippen LogP contribution in [-0.2, 0) is 6.54 Å². The fraction of sp³-hybridized carbons (Fsp3) is 0.696. The van der Waals surface area contributed by atoms with Crippen LogP contribution in [0, 0.1) is 0 Å². The van der Waals surface area contributed by atoms with E-state index in [1.54, 1.807) is 0 Å². The summed E-state index contributed by atoms with van der Waals surface area (Å²) in [6.07, 6.45) is 2.31. The Morgan fingerprint density at radius 3 is 2.47 bits per heavy atom. The van der Waals surface area contributed by atoms with Gasteiger partial charge >= 0.3 is 0 Å². The Morgan fingerprint density at radius 2 is 1.83 bits per heavy atom. The van der Waals surface area contributed by atoms with Gasteiger partial charge in [0.1, 0.15) is 0 Å². The lowest BCUT2D eigenvalue weighted by molar-refractivity contribution is 0.119. The predicted molar refractivity (Wildman–Crippen MR) is 138 cm³/mol. The molecule has 2 aliphatic heterocycles. The monoisotopic (exact) mass is 528 g/mol. The molecule has 1 aromatic rings. The summed E-state index contributed by atoms with van der Waals surface area (Å²) in [7, 11) is 4.09. The van der Waals surface area contributed by atoms with Gasteiger partial charge in [-0.25, -0.2) is 0 Å². The van der Waals surface area contributed by atoms with Crippen molar-refractivity contribution < 1.29 is 0 Å². The zero-order chi connectivity index (χ0) is 20.6. The SMILES string of the molecule is CN=C(NCC(C)N1CCN(C)CC1)NC1CCN(Cc2ccccc2)C(C)C1.I. The molecule has 3 rings (SSSR count). The number of aliphatic imine (C=N–C) groups is 1. The number of hydrogen-bond acceptors (Lipinski definition) is 4. The Kier molecular flexibility index (Phi) is 10.8. The molecule has 3 atom stereocenters. The fourth-order valence-electron chi connectivity index (χ4n) is 4.43. The highest BCUT2D eigenvalue weighted by atomic mass is 127. The molecule has 2 N–H and O–H groups in total. The largest absolute Gasteiger partial charge is 0.355 e. The summed E-state index contributed by atoms with van der Waals surface area (Å²) in [6, 6.07) is 12.4. The summed E-state index contributed by atoms with van der Waals surface area (Å²) in [5, 5.41) is 7.23. The van der Waals surface area contributed by atoms with E-state index in [-0.39, 0.29) is 24.0 Å². The smallest absolute Gasteiger partial charge is 0.191 e. The topological polar surface area (TPSA) is 46.1 Å². The first-order valence-corrected chi connectivity index (χ1v) is 11.2. The van der Waals surface area contributed by atoms with Gasteiger partial charge in [-0.15, -0.1) is 24.0 Å². The molecule has 2 heterocycles. The second kappa shape index (κ2) is 12.8. The maximum Gasteiger partial charge on any atom is 0.191 e. The molecule has 0 bridgehead atoms. The van der Waals surface area contributed by atoms with Crippen LogP contribution in [-0.4, -0.2) is 92.1 Å². The Morgan fingerprint density at radius 1 is 1.13 bits per heavy atom. The lowest BCUT2D eigenvalue weighted by Gasteiger charge is -2.39. The number of guanidine groups is 1. The van der Waals surface area contributed by atoms with Gasteiger partial charge < -0.3 is 15.5 Å². The number of nitrogens with zero attached hydrogens (tertiary/aromatic N) is 4. The third kappa shape index (κ3) is 7.66. The van der Waals surface area contributed by atoms with Crippen molar-refractivity contribution in [2.24, 2.45) is 4.99 Å². The molecule has 7 heteroatoms. The van der Waals surface area contributed by atoms with Gasteiger partial charge in [-0.2, -0.15) is 0 Å². The number of rotatable bonds is 6. The molecule has 0 saturated carbocycles. The zero-order valence-corrected chi connectivity index (χ0v) is 21.5. The average molecular weight is 529 g/mol. The van der Waals surface area contributed by atoms with E-state index >= 15 is 0 Å². The van der Waals surface area contributed by atoms with E-state index in [0.717, 1.165) is 64.6 Å². The number of nitrogens with one attached hydrogen (secondary N) is 2. The molecule has 2 aliphatic rings. The summed E-state index contributed by atoms with van der Waals surface area (Å²) in [5.74, 6) is 0.944. The van der Waals surface area contributed by atoms with Gasteiger partial charge in [-0.3, -0.25) is 14.8 Å². The molecule has 2 fully saturated rings. The van der Waals surface area contributed by atoms with E-state index in [2.05, 4.69) is 81.6 Å². The summed E-state index contributed by atoms with van der Waals surface area (Å²) in [4.78, 5) is 12.1. The van der Waals surface area contributed by atoms with E-state index in [0.29, 0.717) is 18.1 Å². The molecule has 6 nitrogen and oxygen atoms in total. The third-order valence-corrected chi connectivity index (χ3v) is 6.53. The van der Waals surface area contributed by atoms with Crippen molar-refractivity contribution in [2.75, 3.05) is 53.4 Å². The Hall–Kier alpha value is -0.900. The molecule has 1 aromatic carbocycles. The quantitative estimate of drug-likeness (QED) is 0.338. The Labute approximate surface area is 200 Å². The standard InChI is InChI=1S/C23H40N6.HI/c1-19-16-22(10-11-29(19)18-21-8-6-5-7-9-21)26-23(24-3)25-17-20(2)28-14-12-27(4)13-15-28;/h5-9,19-20,22H,10-18H2,1-4H3,(H2,24,25,26);1H. The van der Waals surface area contributed by atoms with E-state index < -0.39 is 0 Å². The summed E-state index contributed by atoms with van der Waals surface area (Å²) in [5.41, 5.74) is 1.40. The average Bonchev–Trinajstić information content (AvgIpc) is 2.74. The van der Waals surface area contributed by atoms with Crippen molar-refractivity contribution in [3.63, 3.8) is 0 Å². The summed E-state index contributed by atoms with van der Waals surface area (Å²) < 4.78 is 0. The van der Waals surface area contributed by atoms with Crippen molar-refractivity contribution >= 4 is 29.9 Å². The van der Waals surface area contributed by atoms with Crippen LogP contribution in [0.2, 0.25) is 0 Å². The second-order valence-corrected chi connectivity index (χ2v) is 8.81. The maximum absolute atomic E-state index is 4.48. The molecule has 170 valence electrons. The number of piperidine rings is 1. The number of piperazine rings is 1. The van der Waals surface area contributed by atoms with E-state index in [1.165, 1.54) is 5.56 Å². The minimum absolute atomic E-state index is 0. The molecular weight excluding hydrogens is 487 g/mol. The predicted octanol–water partition coefficient (Wildman–Crippen LogP) is 2.46. The zero-order valence-electron chi connectivity index (χ0n) is 19.2. The van der Waals surface area contributed by atoms with E-state index in [4.69, 9.17) is 0 Å². The molecule has 0 amide bonds. The van der Waals surface area contributed by atoms with E-state index in [1.807, 2.05) is 7.05 Å². The normalized spacial score (nSPS) is 25.4. The summed E-state index contributed by atoms with van der Waals surface area (Å²) >= 11 is 0. The molecule has 0 aromatic heterocycles. The van der Waals surface area contributed by atoms with Crippen LogP contribution in [0.25, 0.3) is 0 Å². The fourth-order valence-corrected chi connectivity index (χ4v) is 4.43. The van der Waals surface area contributed by atoms with Crippen molar-refractivity contribution in [1.29, 1.82) is 0 Å². The molecule has 0 aliphatic carbocycles. The lowest BCUT2D eigenvalue weighted by Crippen LogP contribution is -2.54. The first-order valence-electron chi connectivity index (χ1n) is 11.2. The van der Waals surface area contributed by atoms with Crippen LogP contribution in [0.3, 0.4) is 0 Å². The highest BCUT2D eigenvalue weighted by molar-refractivity contribution is 14.0. The minimum Gasteiger partial charge on any atom is -0.355 e. The van der Waals surface area contributed by atoms with Crippen molar-refractivity contribution in [2.45, 2.75) is 51.4 Å². The van der Waals surface area contributed by atoms with Crippen molar-refractivity contribution in [3.8, 4) is 0 Å². The number of likely N-dealkylation sites (tertiary alicyclic amines) is 1. The second-order valence-electron chi connectivity index (χ2n) is 8.81. The number of benzene rings is 1. The van der Waals surface area contributed by atoms with Crippen LogP contribution in [0.15, 0.2) is 35.3 Å². The third-order valence-electron chi connectivity index (χ3n) is 6.53. The summed E-state index contributed by atoms with van der Waals surface area (Å²) in [6.45, 7) is 12.4. The van der Waals surface area contributed by atoms with Gasteiger partial charge in [0.2, 0.25) is 0 Å². The van der Waals surface area contributed by atoms with Gasteiger partial charge in [-0.05, 0) is 39.3 Å². The highest BCUT2D eigenvalue weighted by Gasteiger charge is 2.26. The van der Waals surface area contributed by atoms with Crippen molar-refractivity contribution in [1.82, 2.24) is 25.3 Å². The van der Waals surface area contributed by atoms with Crippen LogP contribution in [0.1, 0.15) is 32.3 Å². The Balaban J connectivity index is 0.00000320. The number of halogens is 1. The van der Waals surface area contributed by atoms with Crippen molar-refractivity contribution in [3.05, 3.63) is 35.9 Å². The maximum atomic E-state index is 4.48. The van der Waals surface area contributed by atoms with Crippen LogP contribution < -0.4 is 10.6 Å². The van der Waals surface area contributed by atoms with Crippen LogP contribution in [0.5, 0.6) is 0 Å². The van der Waals surface area contributed by atoms with Crippen LogP contribution >= 0.6 is 24.0 Å². The van der Waals surface area contributed by atoms with Gasteiger partial charge in [0.05, 0.1) is 0 Å². The molecule has 0 radical (unpaired) electrons. The lowest BCUT2D eigenvalue weighted by atomic mass is 9.97. The Bertz CT molecular complexity index is 632. The minimum atomic E-state index is 0. The first kappa shape index (κ1) is 25.4. The van der Waals surface area contributed by atoms with E-state index in [9.17, 15) is 0 Å². The van der Waals surface area contributed by atoms with Gasteiger partial charge in [-0.1, -0.05) is 30.3 Å². The molecule has 30 heavy (non-hydrogen) atoms. The number of likely N-dealkylation sites (N-methyl/N-ethyl adjacent to an activating group) is 1. The van der Waals surface area contributed by atoms with Gasteiger partial charge in [0.25, 0.3) is 0 Å². The van der Waals surface area contributed by atoms with Crippen LogP contribution in [0.4, 0.5) is 0 Å². The molecule has 3 unspecified atom stereocenters. The molecule has 2 saturated heterocycles. The number of hydrogen-bond donors (Lipinski definition) is 2. The van der Waals surface area contributed by atoms with Gasteiger partial charge in [0.15, 0.2) is 5.96 Å². The molecular formula is C23H41IN6. The first-order chi connectivity index (χ1) is 14.0. The molecule has 0 spiro atoms.